The fraction of sp³-hybridized carbons (Fsp3) is 0. The van der Waals surface area contributed by atoms with E-state index in [9.17, 15) is 11.0 Å². The Balaban J connectivity index is 1.29. The van der Waals surface area contributed by atoms with Crippen LogP contribution in [0, 0.1) is 0 Å². The zero-order valence-electron chi connectivity index (χ0n) is 43.9. The fourth-order valence-electron chi connectivity index (χ4n) is 7.27. The van der Waals surface area contributed by atoms with E-state index in [-0.39, 0.29) is 75.8 Å². The average molecular weight is 649 g/mol. The predicted octanol–water partition coefficient (Wildman–Crippen LogP) is 14.1. The summed E-state index contributed by atoms with van der Waals surface area (Å²) in [7, 11) is 0. The number of rotatable bonds is 4. The van der Waals surface area contributed by atoms with Gasteiger partial charge in [-0.05, 0) is 115 Å². The van der Waals surface area contributed by atoms with E-state index in [1.54, 1.807) is 54.6 Å². The number of hydrogen-bond acceptors (Lipinski definition) is 0. The van der Waals surface area contributed by atoms with Crippen molar-refractivity contribution < 1.29 is 24.7 Å². The highest BCUT2D eigenvalue weighted by molar-refractivity contribution is 6.27. The molecule has 0 radical (unpaired) electrons. The summed E-state index contributed by atoms with van der Waals surface area (Å²) in [5.41, 5.74) is 2.65. The van der Waals surface area contributed by atoms with Gasteiger partial charge in [-0.2, -0.15) is 0 Å². The quantitative estimate of drug-likeness (QED) is 0.167. The van der Waals surface area contributed by atoms with Crippen LogP contribution in [-0.4, -0.2) is 0 Å². The lowest BCUT2D eigenvalue weighted by Crippen LogP contribution is -1.92. The Morgan fingerprint density at radius 2 is 0.720 bits per heavy atom. The summed E-state index contributed by atoms with van der Waals surface area (Å²) in [4.78, 5) is 0. The highest BCUT2D eigenvalue weighted by atomic mass is 14.2. The molecule has 0 nitrogen and oxygen atoms in total. The van der Waals surface area contributed by atoms with Gasteiger partial charge in [-0.3, -0.25) is 0 Å². The molecule has 11 rings (SSSR count). The van der Waals surface area contributed by atoms with E-state index in [2.05, 4.69) is 0 Å². The van der Waals surface area contributed by atoms with Crippen molar-refractivity contribution in [3.8, 4) is 44.5 Å². The first-order valence-corrected chi connectivity index (χ1v) is 16.0. The van der Waals surface area contributed by atoms with Crippen molar-refractivity contribution in [3.05, 3.63) is 182 Å². The minimum absolute atomic E-state index is 0.00561. The minimum atomic E-state index is -0.581. The van der Waals surface area contributed by atoms with Gasteiger partial charge in [-0.1, -0.05) is 175 Å². The lowest BCUT2D eigenvalue weighted by atomic mass is 9.84. The summed E-state index contributed by atoms with van der Waals surface area (Å²) in [5.74, 6) is 0. The van der Waals surface area contributed by atoms with Gasteiger partial charge in [-0.15, -0.1) is 0 Å². The molecule has 0 atom stereocenters. The first-order chi connectivity index (χ1) is 32.3. The van der Waals surface area contributed by atoms with E-state index >= 15 is 0 Å². The molecule has 0 fully saturated rings. The maximum absolute atomic E-state index is 9.65. The SMILES string of the molecule is [2H]c1c([2H])c2c([2H])c([2H])c3c([2H])c([2H])c(-c4ccccc4-c4ccc(-c5ccccc5)c(-c5c([2H])c([2H])c6c([2H])c([2H])c7c([2H])c([2H])c([2H])c8c([2H])c([2H])c5c6c78)c4)c4c([2H])c([2H])c(c1[2H])c2c34. The van der Waals surface area contributed by atoms with Gasteiger partial charge in [0.25, 0.3) is 0 Å². The molecular formula is C50H30. The Morgan fingerprint density at radius 1 is 0.280 bits per heavy atom. The molecule has 11 aromatic carbocycles. The zero-order valence-corrected chi connectivity index (χ0v) is 25.9. The summed E-state index contributed by atoms with van der Waals surface area (Å²) in [6, 6.07) is 12.2. The lowest BCUT2D eigenvalue weighted by molar-refractivity contribution is 1.57. The van der Waals surface area contributed by atoms with Crippen LogP contribution in [0.1, 0.15) is 24.7 Å². The molecule has 0 unspecified atom stereocenters. The van der Waals surface area contributed by atoms with E-state index in [1.807, 2.05) is 18.2 Å². The van der Waals surface area contributed by atoms with Crippen molar-refractivity contribution in [2.75, 3.05) is 0 Å². The molecule has 0 aromatic heterocycles. The minimum Gasteiger partial charge on any atom is -0.0622 e. The summed E-state index contributed by atoms with van der Waals surface area (Å²) in [5, 5.41) is -1.02. The van der Waals surface area contributed by atoms with Gasteiger partial charge < -0.3 is 0 Å². The van der Waals surface area contributed by atoms with Crippen molar-refractivity contribution in [1.82, 2.24) is 0 Å². The molecule has 0 bridgehead atoms. The third-order valence-electron chi connectivity index (χ3n) is 9.51. The number of benzene rings is 11. The summed E-state index contributed by atoms with van der Waals surface area (Å²) >= 11 is 0. The molecule has 0 saturated carbocycles. The van der Waals surface area contributed by atoms with Gasteiger partial charge in [0.1, 0.15) is 0 Å². The molecule has 0 spiro atoms. The average Bonchev–Trinajstić information content (AvgIpc) is 3.33. The molecule has 0 aliphatic heterocycles. The first kappa shape index (κ1) is 15.4. The van der Waals surface area contributed by atoms with Gasteiger partial charge >= 0.3 is 0 Å². The third-order valence-corrected chi connectivity index (χ3v) is 9.51. The Hall–Kier alpha value is -6.50. The highest BCUT2D eigenvalue weighted by Gasteiger charge is 2.19. The van der Waals surface area contributed by atoms with Crippen molar-refractivity contribution >= 4 is 64.6 Å². The zero-order chi connectivity index (χ0) is 48.4. The van der Waals surface area contributed by atoms with Crippen LogP contribution in [0.3, 0.4) is 0 Å². The molecule has 50 heavy (non-hydrogen) atoms. The van der Waals surface area contributed by atoms with Crippen LogP contribution < -0.4 is 0 Å². The fourth-order valence-corrected chi connectivity index (χ4v) is 7.27. The second-order valence-electron chi connectivity index (χ2n) is 12.2. The Morgan fingerprint density at radius 3 is 1.30 bits per heavy atom. The maximum atomic E-state index is 9.65. The summed E-state index contributed by atoms with van der Waals surface area (Å²) in [6.45, 7) is 0. The molecule has 0 N–H and O–H groups in total. The van der Waals surface area contributed by atoms with Crippen molar-refractivity contribution in [2.45, 2.75) is 0 Å². The van der Waals surface area contributed by atoms with Crippen molar-refractivity contribution in [1.29, 1.82) is 0 Å². The molecular weight excluding hydrogens is 601 g/mol. The van der Waals surface area contributed by atoms with Crippen LogP contribution in [0.25, 0.3) is 109 Å². The third kappa shape index (κ3) is 3.94. The van der Waals surface area contributed by atoms with Crippen LogP contribution in [0.4, 0.5) is 0 Å². The Kier molecular flexibility index (Phi) is 3.23. The second-order valence-corrected chi connectivity index (χ2v) is 12.2. The summed E-state index contributed by atoms with van der Waals surface area (Å²) in [6.07, 6.45) is 0. The van der Waals surface area contributed by atoms with E-state index in [1.165, 1.54) is 0 Å². The van der Waals surface area contributed by atoms with Crippen LogP contribution in [0.2, 0.25) is 0 Å². The molecule has 0 heteroatoms. The molecule has 230 valence electrons. The molecule has 0 amide bonds. The topological polar surface area (TPSA) is 0 Å². The largest absolute Gasteiger partial charge is 0.0630 e. The Bertz CT molecular complexity index is 4060. The second kappa shape index (κ2) is 10.5. The molecule has 0 aliphatic rings. The molecule has 0 heterocycles. The molecule has 11 aromatic rings. The van der Waals surface area contributed by atoms with Crippen LogP contribution in [-0.2, 0) is 0 Å². The monoisotopic (exact) mass is 648 g/mol. The van der Waals surface area contributed by atoms with Gasteiger partial charge in [0.15, 0.2) is 0 Å². The first-order valence-electron chi connectivity index (χ1n) is 25.0. The predicted molar refractivity (Wildman–Crippen MR) is 216 cm³/mol. The van der Waals surface area contributed by atoms with Crippen molar-refractivity contribution in [3.63, 3.8) is 0 Å². The smallest absolute Gasteiger partial charge is 0.0622 e. The summed E-state index contributed by atoms with van der Waals surface area (Å²) < 4.78 is 164. The van der Waals surface area contributed by atoms with Crippen LogP contribution >= 0.6 is 0 Å². The standard InChI is InChI=1S/C50H30/c1-2-8-31(9-3-1)40-25-24-38(30-46(40)43-27-21-37-19-17-33-11-7-13-35-23-29-45(43)50(37)48(33)35)39-14-4-5-15-41(39)42-26-20-36-18-16-32-10-6-12-34-22-28-44(42)49(36)47(32)34/h1-30H/i6D,7D,10D,11D,12D,13D,16D,17D,18D,19D,20D,21D,22D,23D,26D,27D,28D,29D. The van der Waals surface area contributed by atoms with Gasteiger partial charge in [0.05, 0.1) is 24.7 Å². The molecule has 0 aliphatic carbocycles. The number of hydrogen-bond donors (Lipinski definition) is 0. The van der Waals surface area contributed by atoms with E-state index in [0.717, 1.165) is 0 Å². The van der Waals surface area contributed by atoms with E-state index < -0.39 is 109 Å². The van der Waals surface area contributed by atoms with Gasteiger partial charge in [0, 0.05) is 0 Å². The molecule has 0 saturated heterocycles. The van der Waals surface area contributed by atoms with Crippen LogP contribution in [0.5, 0.6) is 0 Å². The Labute approximate surface area is 315 Å². The van der Waals surface area contributed by atoms with Crippen molar-refractivity contribution in [2.24, 2.45) is 0 Å². The normalized spacial score (nSPS) is 17.0. The lowest BCUT2D eigenvalue weighted by Gasteiger charge is -2.19. The van der Waals surface area contributed by atoms with Crippen LogP contribution in [0.15, 0.2) is 182 Å². The van der Waals surface area contributed by atoms with E-state index in [0.29, 0.717) is 33.4 Å². The maximum Gasteiger partial charge on any atom is 0.0630 e. The highest BCUT2D eigenvalue weighted by Crippen LogP contribution is 2.46. The van der Waals surface area contributed by atoms with Gasteiger partial charge in [0.2, 0.25) is 0 Å². The van der Waals surface area contributed by atoms with Gasteiger partial charge in [-0.25, -0.2) is 0 Å². The van der Waals surface area contributed by atoms with E-state index in [4.69, 9.17) is 13.7 Å².